The van der Waals surface area contributed by atoms with Gasteiger partial charge >= 0.3 is 23.9 Å². The number of carbonyl (C=O) groups excluding carboxylic acids is 4. The van der Waals surface area contributed by atoms with Gasteiger partial charge < -0.3 is 36.1 Å². The zero-order chi connectivity index (χ0) is 56.4. The minimum absolute atomic E-state index is 0.0667. The lowest BCUT2D eigenvalue weighted by Gasteiger charge is -2.32. The number of nitrogens with one attached hydrogen (secondary N) is 2. The molecule has 0 aromatic heterocycles. The zero-order valence-corrected chi connectivity index (χ0v) is 45.8. The number of ether oxygens (including phenoxy) is 2. The predicted octanol–water partition coefficient (Wildman–Crippen LogP) is 9.41. The van der Waals surface area contributed by atoms with Gasteiger partial charge in [0.05, 0.1) is 31.0 Å². The van der Waals surface area contributed by atoms with E-state index >= 15 is 0 Å². The quantitative estimate of drug-likeness (QED) is 0.0816. The Morgan fingerprint density at radius 2 is 0.738 bits per heavy atom. The number of rotatable bonds is 10. The standard InChI is InChI=1S/C23H25NO3.C21H21NO3.C12H15NO2.C11H12O2/c1-2-27-22(26)23(14-17-9-3-4-10-18(17)15-23)24-21(25)20-13-7-11-16-8-5-6-12-19(16)20;23-19(18-11-5-9-14-6-3-4-10-17(14)18)22-21(20(24)25)12-15-7-1-2-8-16(15)13-21;1-2-15-11(14)12(13)7-9-5-3-4-6-10(9)8-12;12-11(13)10-7-3-5-8-4-1-2-6-9(8)10/h3-6,8-10,12,20H,2,7,11,13-15H2,1H3,(H,24,25);1-4,6-8,10,18H,5,9,11-13H2,(H,22,23)(H,24,25);3-6H,2,7-8,13H2,1H3;1-2,4,6,10H,3,5,7H2,(H,12,13)/t20-;18-;;10-/m11.1/s1. The molecule has 6 aliphatic carbocycles. The van der Waals surface area contributed by atoms with Gasteiger partial charge in [-0.1, -0.05) is 146 Å². The fourth-order valence-electron chi connectivity index (χ4n) is 12.8. The maximum atomic E-state index is 13.3. The lowest BCUT2D eigenvalue weighted by Crippen LogP contribution is -2.57. The number of hydrogen-bond donors (Lipinski definition) is 5. The van der Waals surface area contributed by atoms with Crippen molar-refractivity contribution in [3.8, 4) is 0 Å². The van der Waals surface area contributed by atoms with Gasteiger partial charge in [0, 0.05) is 38.5 Å². The van der Waals surface area contributed by atoms with E-state index in [0.29, 0.717) is 51.7 Å². The Labute approximate surface area is 468 Å². The summed E-state index contributed by atoms with van der Waals surface area (Å²) < 4.78 is 10.4. The normalized spacial score (nSPS) is 19.6. The monoisotopic (exact) mass is 1080 g/mol. The molecule has 0 fully saturated rings. The average molecular weight is 1080 g/mol. The van der Waals surface area contributed by atoms with Crippen LogP contribution in [0, 0.1) is 0 Å². The number of aryl methyl sites for hydroxylation is 3. The van der Waals surface area contributed by atoms with Gasteiger partial charge in [-0.25, -0.2) is 9.59 Å². The third-order valence-corrected chi connectivity index (χ3v) is 16.9. The van der Waals surface area contributed by atoms with Crippen LogP contribution in [0.5, 0.6) is 0 Å². The van der Waals surface area contributed by atoms with Crippen LogP contribution in [0.15, 0.2) is 146 Å². The van der Waals surface area contributed by atoms with E-state index in [2.05, 4.69) is 22.8 Å². The molecule has 12 rings (SSSR count). The van der Waals surface area contributed by atoms with E-state index in [1.54, 1.807) is 13.8 Å². The summed E-state index contributed by atoms with van der Waals surface area (Å²) in [6.45, 7) is 4.28. The molecule has 0 bridgehead atoms. The highest BCUT2D eigenvalue weighted by atomic mass is 16.5. The Morgan fingerprint density at radius 3 is 1.10 bits per heavy atom. The Balaban J connectivity index is 0.000000135. The van der Waals surface area contributed by atoms with Crippen molar-refractivity contribution in [3.63, 3.8) is 0 Å². The second kappa shape index (κ2) is 25.0. The van der Waals surface area contributed by atoms with Crippen molar-refractivity contribution < 1.29 is 48.5 Å². The summed E-state index contributed by atoms with van der Waals surface area (Å²) >= 11 is 0. The first kappa shape index (κ1) is 56.8. The number of esters is 2. The molecular weight excluding hydrogens is 1010 g/mol. The molecule has 80 heavy (non-hydrogen) atoms. The number of amides is 2. The van der Waals surface area contributed by atoms with Gasteiger partial charge in [0.15, 0.2) is 0 Å². The molecule has 6 N–H and O–H groups in total. The Morgan fingerprint density at radius 1 is 0.438 bits per heavy atom. The fraction of sp³-hybridized carbons (Fsp3) is 0.373. The summed E-state index contributed by atoms with van der Waals surface area (Å²) in [5, 5.41) is 24.9. The van der Waals surface area contributed by atoms with Crippen LogP contribution in [0.3, 0.4) is 0 Å². The minimum Gasteiger partial charge on any atom is -0.481 e. The molecule has 0 saturated heterocycles. The van der Waals surface area contributed by atoms with Gasteiger partial charge in [-0.05, 0) is 138 Å². The minimum atomic E-state index is -1.23. The molecule has 0 saturated carbocycles. The van der Waals surface area contributed by atoms with Crippen molar-refractivity contribution in [2.24, 2.45) is 5.73 Å². The number of carboxylic acid groups (broad SMARTS) is 2. The third kappa shape index (κ3) is 12.4. The van der Waals surface area contributed by atoms with Crippen molar-refractivity contribution in [2.45, 2.75) is 145 Å². The number of fused-ring (bicyclic) bond motifs is 6. The summed E-state index contributed by atoms with van der Waals surface area (Å²) in [6, 6.07) is 47.7. The zero-order valence-electron chi connectivity index (χ0n) is 45.8. The molecule has 0 unspecified atom stereocenters. The number of carbonyl (C=O) groups is 6. The molecule has 0 aliphatic heterocycles. The van der Waals surface area contributed by atoms with Crippen LogP contribution < -0.4 is 16.4 Å². The van der Waals surface area contributed by atoms with E-state index in [9.17, 15) is 33.9 Å². The van der Waals surface area contributed by atoms with Crippen molar-refractivity contribution >= 4 is 35.7 Å². The molecule has 0 spiro atoms. The Kier molecular flexibility index (Phi) is 17.8. The highest BCUT2D eigenvalue weighted by molar-refractivity contribution is 5.93. The first-order valence-electron chi connectivity index (χ1n) is 28.3. The summed E-state index contributed by atoms with van der Waals surface area (Å²) in [5.41, 5.74) is 16.3. The topological polar surface area (TPSA) is 211 Å². The first-order chi connectivity index (χ1) is 38.7. The molecule has 13 nitrogen and oxygen atoms in total. The molecule has 0 radical (unpaired) electrons. The Bertz CT molecular complexity index is 3180. The van der Waals surface area contributed by atoms with Crippen molar-refractivity contribution in [1.29, 1.82) is 0 Å². The number of aliphatic carboxylic acids is 2. The molecule has 6 aromatic rings. The largest absolute Gasteiger partial charge is 0.481 e. The average Bonchev–Trinajstić information content (AvgIpc) is 4.18. The molecule has 0 heterocycles. The van der Waals surface area contributed by atoms with Gasteiger partial charge in [-0.2, -0.15) is 0 Å². The maximum absolute atomic E-state index is 13.3. The number of carboxylic acids is 2. The number of hydrogen-bond acceptors (Lipinski definition) is 9. The van der Waals surface area contributed by atoms with Gasteiger partial charge in [-0.15, -0.1) is 0 Å². The van der Waals surface area contributed by atoms with Crippen LogP contribution in [0.1, 0.15) is 137 Å². The highest BCUT2D eigenvalue weighted by Crippen LogP contribution is 2.38. The third-order valence-electron chi connectivity index (χ3n) is 16.9. The van der Waals surface area contributed by atoms with Crippen LogP contribution in [0.4, 0.5) is 0 Å². The first-order valence-corrected chi connectivity index (χ1v) is 28.3. The SMILES string of the molecule is CCOC(=O)C1(N)Cc2ccccc2C1.CCOC(=O)C1(NC(=O)[C@@H]2CCCc3ccccc32)Cc2ccccc2C1.O=C(NC1(C(=O)O)Cc2ccccc2C1)[C@@H]1CCCc2ccccc21.O=C(O)[C@@H]1CCCc2ccccc21. The number of benzene rings is 6. The van der Waals surface area contributed by atoms with E-state index < -0.39 is 28.6 Å². The molecular formula is C67H73N3O10. The van der Waals surface area contributed by atoms with Crippen LogP contribution in [0.2, 0.25) is 0 Å². The summed E-state index contributed by atoms with van der Waals surface area (Å²) in [5.74, 6) is -3.24. The van der Waals surface area contributed by atoms with Crippen molar-refractivity contribution in [3.05, 3.63) is 212 Å². The molecule has 6 aliphatic rings. The van der Waals surface area contributed by atoms with Gasteiger partial charge in [-0.3, -0.25) is 19.2 Å². The molecule has 2 amide bonds. The van der Waals surface area contributed by atoms with E-state index in [0.717, 1.165) is 108 Å². The summed E-state index contributed by atoms with van der Waals surface area (Å²) in [7, 11) is 0. The highest BCUT2D eigenvalue weighted by Gasteiger charge is 2.49. The maximum Gasteiger partial charge on any atom is 0.332 e. The van der Waals surface area contributed by atoms with Crippen LogP contribution in [-0.2, 0) is 96.0 Å². The Hall–Kier alpha value is -7.90. The second-order valence-electron chi connectivity index (χ2n) is 22.2. The van der Waals surface area contributed by atoms with E-state index in [1.165, 1.54) is 16.7 Å². The summed E-state index contributed by atoms with van der Waals surface area (Å²) in [4.78, 5) is 73.8. The van der Waals surface area contributed by atoms with Crippen LogP contribution in [0.25, 0.3) is 0 Å². The number of nitrogens with two attached hydrogens (primary N) is 1. The second-order valence-corrected chi connectivity index (χ2v) is 22.2. The van der Waals surface area contributed by atoms with E-state index in [4.69, 9.17) is 20.3 Å². The van der Waals surface area contributed by atoms with Crippen molar-refractivity contribution in [2.75, 3.05) is 13.2 Å². The summed E-state index contributed by atoms with van der Waals surface area (Å²) in [6.07, 6.45) is 11.2. The molecule has 3 atom stereocenters. The van der Waals surface area contributed by atoms with Gasteiger partial charge in [0.1, 0.15) is 16.6 Å². The lowest BCUT2D eigenvalue weighted by atomic mass is 9.81. The smallest absolute Gasteiger partial charge is 0.332 e. The molecule has 6 aromatic carbocycles. The molecule has 13 heteroatoms. The van der Waals surface area contributed by atoms with Crippen LogP contribution >= 0.6 is 0 Å². The van der Waals surface area contributed by atoms with Gasteiger partial charge in [0.2, 0.25) is 11.8 Å². The van der Waals surface area contributed by atoms with E-state index in [-0.39, 0.29) is 41.5 Å². The predicted molar refractivity (Wildman–Crippen MR) is 305 cm³/mol. The van der Waals surface area contributed by atoms with Crippen molar-refractivity contribution in [1.82, 2.24) is 10.6 Å². The van der Waals surface area contributed by atoms with E-state index in [1.807, 2.05) is 133 Å². The molecule has 416 valence electrons. The van der Waals surface area contributed by atoms with Gasteiger partial charge in [0.25, 0.3) is 0 Å². The fourth-order valence-corrected chi connectivity index (χ4v) is 12.8. The lowest BCUT2D eigenvalue weighted by molar-refractivity contribution is -0.153. The van der Waals surface area contributed by atoms with Crippen LogP contribution in [-0.4, -0.2) is 75.7 Å².